The van der Waals surface area contributed by atoms with Crippen LogP contribution in [0.3, 0.4) is 0 Å². The zero-order chi connectivity index (χ0) is 23.4. The number of nitrogen functional groups attached to an aromatic ring is 1. The molecule has 1 aromatic carbocycles. The molecular weight excluding hydrogens is 416 g/mol. The molecule has 3 heterocycles. The summed E-state index contributed by atoms with van der Waals surface area (Å²) in [6, 6.07) is 17.7. The number of unbranched alkanes of at least 4 members (excludes halogenated alkanes) is 1. The zero-order valence-electron chi connectivity index (χ0n) is 18.5. The molecule has 0 unspecified atom stereocenters. The van der Waals surface area contributed by atoms with Crippen molar-refractivity contribution >= 4 is 17.0 Å². The number of rotatable bonds is 8. The normalized spacial score (nSPS) is 10.9. The molecule has 4 aromatic rings. The molecule has 0 bridgehead atoms. The summed E-state index contributed by atoms with van der Waals surface area (Å²) in [5.74, 6) is 0.135. The highest BCUT2D eigenvalue weighted by atomic mass is 16.2. The molecule has 0 spiro atoms. The quantitative estimate of drug-likeness (QED) is 0.435. The summed E-state index contributed by atoms with van der Waals surface area (Å²) < 4.78 is 3.31. The van der Waals surface area contributed by atoms with Crippen LogP contribution in [0, 0.1) is 11.3 Å². The predicted molar refractivity (Wildman–Crippen MR) is 129 cm³/mol. The summed E-state index contributed by atoms with van der Waals surface area (Å²) in [5.41, 5.74) is 8.68. The number of nitrogens with one attached hydrogen (secondary N) is 1. The van der Waals surface area contributed by atoms with E-state index in [0.717, 1.165) is 29.5 Å². The maximum absolute atomic E-state index is 13.0. The molecule has 33 heavy (non-hydrogen) atoms. The molecule has 8 nitrogen and oxygen atoms in total. The first-order valence-corrected chi connectivity index (χ1v) is 10.9. The molecule has 0 radical (unpaired) electrons. The second kappa shape index (κ2) is 9.49. The van der Waals surface area contributed by atoms with Crippen LogP contribution in [-0.4, -0.2) is 14.0 Å². The van der Waals surface area contributed by atoms with Crippen LogP contribution in [0.4, 0.5) is 11.5 Å². The number of benzene rings is 1. The average molecular weight is 443 g/mol. The lowest BCUT2D eigenvalue weighted by atomic mass is 10.1. The van der Waals surface area contributed by atoms with E-state index < -0.39 is 11.2 Å². The van der Waals surface area contributed by atoms with Crippen LogP contribution in [0.15, 0.2) is 70.5 Å². The van der Waals surface area contributed by atoms with Crippen molar-refractivity contribution in [2.24, 2.45) is 0 Å². The Morgan fingerprint density at radius 2 is 1.85 bits per heavy atom. The molecule has 0 aliphatic heterocycles. The smallest absolute Gasteiger partial charge is 0.330 e. The molecule has 0 aliphatic rings. The molecule has 168 valence electrons. The number of nitrogens with zero attached hydrogens (tertiary/aromatic N) is 4. The van der Waals surface area contributed by atoms with Gasteiger partial charge in [0.2, 0.25) is 0 Å². The summed E-state index contributed by atoms with van der Waals surface area (Å²) in [6.07, 6.45) is 5.42. The largest absolute Gasteiger partial charge is 0.383 e. The number of H-pyrrole nitrogens is 1. The van der Waals surface area contributed by atoms with Gasteiger partial charge in [-0.3, -0.25) is 14.3 Å². The Morgan fingerprint density at radius 3 is 2.58 bits per heavy atom. The number of fused-ring (bicyclic) bond motifs is 1. The van der Waals surface area contributed by atoms with Crippen LogP contribution in [0.25, 0.3) is 5.52 Å². The maximum Gasteiger partial charge on any atom is 0.330 e. The minimum Gasteiger partial charge on any atom is -0.383 e. The van der Waals surface area contributed by atoms with Crippen molar-refractivity contribution in [1.82, 2.24) is 14.0 Å². The third-order valence-electron chi connectivity index (χ3n) is 5.72. The number of aromatic amines is 1. The van der Waals surface area contributed by atoms with Crippen molar-refractivity contribution in [2.45, 2.75) is 39.4 Å². The van der Waals surface area contributed by atoms with E-state index in [1.54, 1.807) is 0 Å². The minimum absolute atomic E-state index is 0.135. The SMILES string of the molecule is CCCCn1c(N)c(N(Cc2ccccc2)Cc2cn3ccccc3c2C#N)c(=O)[nH]c1=O. The molecule has 8 heteroatoms. The molecule has 0 amide bonds. The van der Waals surface area contributed by atoms with Crippen molar-refractivity contribution in [1.29, 1.82) is 5.26 Å². The second-order valence-corrected chi connectivity index (χ2v) is 7.97. The highest BCUT2D eigenvalue weighted by molar-refractivity contribution is 5.67. The van der Waals surface area contributed by atoms with Crippen LogP contribution in [0.5, 0.6) is 0 Å². The van der Waals surface area contributed by atoms with Crippen molar-refractivity contribution in [3.8, 4) is 6.07 Å². The monoisotopic (exact) mass is 442 g/mol. The van der Waals surface area contributed by atoms with E-state index in [2.05, 4.69) is 11.1 Å². The first-order valence-electron chi connectivity index (χ1n) is 10.9. The first kappa shape index (κ1) is 22.0. The molecule has 0 saturated heterocycles. The molecule has 0 saturated carbocycles. The van der Waals surface area contributed by atoms with Gasteiger partial charge in [0.05, 0.1) is 11.1 Å². The summed E-state index contributed by atoms with van der Waals surface area (Å²) in [6.45, 7) is 3.11. The molecule has 0 atom stereocenters. The molecule has 0 fully saturated rings. The molecule has 4 rings (SSSR count). The number of aromatic nitrogens is 3. The van der Waals surface area contributed by atoms with E-state index in [4.69, 9.17) is 5.73 Å². The van der Waals surface area contributed by atoms with Gasteiger partial charge >= 0.3 is 5.69 Å². The van der Waals surface area contributed by atoms with Gasteiger partial charge < -0.3 is 15.0 Å². The van der Waals surface area contributed by atoms with Crippen molar-refractivity contribution in [3.05, 3.63) is 98.5 Å². The van der Waals surface area contributed by atoms with Gasteiger partial charge in [-0.25, -0.2) is 4.79 Å². The van der Waals surface area contributed by atoms with E-state index in [-0.39, 0.29) is 18.1 Å². The lowest BCUT2D eigenvalue weighted by Crippen LogP contribution is -2.38. The van der Waals surface area contributed by atoms with Crippen LogP contribution in [-0.2, 0) is 19.6 Å². The Kier molecular flexibility index (Phi) is 6.31. The molecule has 3 N–H and O–H groups in total. The van der Waals surface area contributed by atoms with Gasteiger partial charge in [0.25, 0.3) is 5.56 Å². The topological polar surface area (TPSA) is 112 Å². The molecular formula is C25H26N6O2. The zero-order valence-corrected chi connectivity index (χ0v) is 18.5. The van der Waals surface area contributed by atoms with Crippen LogP contribution in [0.1, 0.15) is 36.5 Å². The third kappa shape index (κ3) is 4.39. The van der Waals surface area contributed by atoms with Crippen LogP contribution in [0.2, 0.25) is 0 Å². The van der Waals surface area contributed by atoms with Gasteiger partial charge in [0, 0.05) is 37.6 Å². The number of hydrogen-bond donors (Lipinski definition) is 2. The molecule has 3 aromatic heterocycles. The van der Waals surface area contributed by atoms with E-state index in [9.17, 15) is 14.9 Å². The fourth-order valence-corrected chi connectivity index (χ4v) is 4.07. The summed E-state index contributed by atoms with van der Waals surface area (Å²) in [4.78, 5) is 29.7. The van der Waals surface area contributed by atoms with Crippen LogP contribution >= 0.6 is 0 Å². The van der Waals surface area contributed by atoms with Gasteiger partial charge in [0.15, 0.2) is 0 Å². The highest BCUT2D eigenvalue weighted by Crippen LogP contribution is 2.25. The fraction of sp³-hybridized carbons (Fsp3) is 0.240. The summed E-state index contributed by atoms with van der Waals surface area (Å²) in [5, 5.41) is 9.85. The Morgan fingerprint density at radius 1 is 1.09 bits per heavy atom. The van der Waals surface area contributed by atoms with Gasteiger partial charge in [-0.1, -0.05) is 49.7 Å². The van der Waals surface area contributed by atoms with Crippen molar-refractivity contribution < 1.29 is 0 Å². The lowest BCUT2D eigenvalue weighted by Gasteiger charge is -2.26. The van der Waals surface area contributed by atoms with Crippen molar-refractivity contribution in [2.75, 3.05) is 10.6 Å². The van der Waals surface area contributed by atoms with Gasteiger partial charge in [0.1, 0.15) is 17.6 Å². The van der Waals surface area contributed by atoms with Gasteiger partial charge in [-0.15, -0.1) is 0 Å². The third-order valence-corrected chi connectivity index (χ3v) is 5.72. The van der Waals surface area contributed by atoms with Gasteiger partial charge in [-0.2, -0.15) is 5.26 Å². The Hall–Kier alpha value is -4.25. The van der Waals surface area contributed by atoms with E-state index >= 15 is 0 Å². The number of anilines is 2. The van der Waals surface area contributed by atoms with Gasteiger partial charge in [-0.05, 0) is 24.1 Å². The Labute approximate surface area is 191 Å². The number of pyridine rings is 1. The average Bonchev–Trinajstić information content (AvgIpc) is 3.16. The Balaban J connectivity index is 1.85. The highest BCUT2D eigenvalue weighted by Gasteiger charge is 2.22. The summed E-state index contributed by atoms with van der Waals surface area (Å²) >= 11 is 0. The van der Waals surface area contributed by atoms with Crippen LogP contribution < -0.4 is 21.9 Å². The minimum atomic E-state index is -0.538. The number of nitriles is 1. The standard InChI is InChI=1S/C25H26N6O2/c1-2-3-13-31-23(27)22(24(32)28-25(31)33)30(15-18-9-5-4-6-10-18)17-19-16-29-12-8-7-11-21(29)20(19)14-26/h4-12,16H,2-3,13,15,17,27H2,1H3,(H,28,32,33). The Bertz CT molecular complexity index is 1430. The number of hydrogen-bond acceptors (Lipinski definition) is 5. The van der Waals surface area contributed by atoms with Crippen molar-refractivity contribution in [3.63, 3.8) is 0 Å². The fourth-order valence-electron chi connectivity index (χ4n) is 4.07. The maximum atomic E-state index is 13.0. The predicted octanol–water partition coefficient (Wildman–Crippen LogP) is 3.25. The number of nitrogens with two attached hydrogens (primary N) is 1. The summed E-state index contributed by atoms with van der Waals surface area (Å²) in [7, 11) is 0. The van der Waals surface area contributed by atoms with E-state index in [1.807, 2.05) is 77.1 Å². The molecule has 0 aliphatic carbocycles. The van der Waals surface area contributed by atoms with E-state index in [0.29, 0.717) is 18.7 Å². The van der Waals surface area contributed by atoms with E-state index in [1.165, 1.54) is 4.57 Å². The second-order valence-electron chi connectivity index (χ2n) is 7.97. The first-order chi connectivity index (χ1) is 16.0. The lowest BCUT2D eigenvalue weighted by molar-refractivity contribution is 0.602.